The number of hydrogen-bond acceptors (Lipinski definition) is 3. The van der Waals surface area contributed by atoms with Crippen molar-refractivity contribution in [3.63, 3.8) is 0 Å². The maximum absolute atomic E-state index is 13.5. The molecule has 0 bridgehead atoms. The summed E-state index contributed by atoms with van der Waals surface area (Å²) in [5.41, 5.74) is 6.63. The minimum atomic E-state index is -0.297. The van der Waals surface area contributed by atoms with Gasteiger partial charge in [0.25, 0.3) is 0 Å². The molecule has 2 N–H and O–H groups in total. The van der Waals surface area contributed by atoms with Gasteiger partial charge < -0.3 is 10.5 Å². The number of nitrogens with two attached hydrogens (primary N) is 1. The summed E-state index contributed by atoms with van der Waals surface area (Å²) in [7, 11) is 0. The third-order valence-electron chi connectivity index (χ3n) is 2.20. The van der Waals surface area contributed by atoms with Crippen molar-refractivity contribution in [1.29, 1.82) is 0 Å². The molecule has 2 rings (SSSR count). The van der Waals surface area contributed by atoms with E-state index in [1.807, 2.05) is 6.07 Å². The number of carbonyl (C=O) groups excluding carboxylic acids is 1. The zero-order valence-electron chi connectivity index (χ0n) is 8.44. The van der Waals surface area contributed by atoms with Crippen molar-refractivity contribution < 1.29 is 9.18 Å². The van der Waals surface area contributed by atoms with Crippen LogP contribution in [0.2, 0.25) is 0 Å². The van der Waals surface area contributed by atoms with Crippen molar-refractivity contribution in [3.8, 4) is 10.4 Å². The van der Waals surface area contributed by atoms with Gasteiger partial charge in [-0.25, -0.2) is 4.39 Å². The molecule has 0 aliphatic heterocycles. The minimum absolute atomic E-state index is 0.297. The summed E-state index contributed by atoms with van der Waals surface area (Å²) in [5.74, 6) is -0.297. The van der Waals surface area contributed by atoms with Gasteiger partial charge in [-0.1, -0.05) is 0 Å². The lowest BCUT2D eigenvalue weighted by molar-refractivity contribution is -0.107. The van der Waals surface area contributed by atoms with E-state index in [4.69, 9.17) is 5.73 Å². The fourth-order valence-corrected chi connectivity index (χ4v) is 2.42. The lowest BCUT2D eigenvalue weighted by atomic mass is 10.1. The van der Waals surface area contributed by atoms with Gasteiger partial charge in [-0.15, -0.1) is 11.3 Å². The first-order chi connectivity index (χ1) is 7.70. The van der Waals surface area contributed by atoms with Crippen LogP contribution in [0.15, 0.2) is 30.3 Å². The Labute approximate surface area is 96.5 Å². The first kappa shape index (κ1) is 10.8. The number of halogens is 1. The van der Waals surface area contributed by atoms with Crippen LogP contribution in [-0.4, -0.2) is 6.29 Å². The molecular formula is C12H10FNOS. The van der Waals surface area contributed by atoms with Gasteiger partial charge in [0.2, 0.25) is 0 Å². The molecule has 1 aromatic heterocycles. The van der Waals surface area contributed by atoms with Crippen molar-refractivity contribution >= 4 is 23.3 Å². The predicted octanol–water partition coefficient (Wildman–Crippen LogP) is 2.88. The highest BCUT2D eigenvalue weighted by Gasteiger charge is 2.08. The molecule has 0 aliphatic carbocycles. The van der Waals surface area contributed by atoms with Gasteiger partial charge >= 0.3 is 0 Å². The van der Waals surface area contributed by atoms with E-state index in [0.29, 0.717) is 17.7 Å². The SMILES string of the molecule is Nc1ccc(F)c(-c2ccc(CC=O)s2)c1. The second kappa shape index (κ2) is 4.45. The Hall–Kier alpha value is -1.68. The first-order valence-corrected chi connectivity index (χ1v) is 5.60. The van der Waals surface area contributed by atoms with Crippen LogP contribution in [0, 0.1) is 5.82 Å². The van der Waals surface area contributed by atoms with Gasteiger partial charge in [0.15, 0.2) is 0 Å². The number of anilines is 1. The topological polar surface area (TPSA) is 43.1 Å². The van der Waals surface area contributed by atoms with Crippen LogP contribution in [0.25, 0.3) is 10.4 Å². The van der Waals surface area contributed by atoms with Gasteiger partial charge in [-0.2, -0.15) is 0 Å². The van der Waals surface area contributed by atoms with E-state index < -0.39 is 0 Å². The number of benzene rings is 1. The highest BCUT2D eigenvalue weighted by atomic mass is 32.1. The Morgan fingerprint density at radius 3 is 2.88 bits per heavy atom. The molecule has 2 nitrogen and oxygen atoms in total. The standard InChI is InChI=1S/C12H10FNOS/c13-11-3-1-8(14)7-10(11)12-4-2-9(16-12)5-6-15/h1-4,6-7H,5,14H2. The Kier molecular flexibility index (Phi) is 3.01. The number of hydrogen-bond donors (Lipinski definition) is 1. The summed E-state index contributed by atoms with van der Waals surface area (Å²) >= 11 is 1.41. The fourth-order valence-electron chi connectivity index (χ4n) is 1.45. The zero-order chi connectivity index (χ0) is 11.5. The van der Waals surface area contributed by atoms with Crippen LogP contribution in [0.5, 0.6) is 0 Å². The maximum Gasteiger partial charge on any atom is 0.131 e. The maximum atomic E-state index is 13.5. The van der Waals surface area contributed by atoms with E-state index >= 15 is 0 Å². The summed E-state index contributed by atoms with van der Waals surface area (Å²) in [6.07, 6.45) is 1.21. The Bertz CT molecular complexity index is 521. The molecular weight excluding hydrogens is 225 g/mol. The van der Waals surface area contributed by atoms with Crippen LogP contribution in [0.3, 0.4) is 0 Å². The van der Waals surface area contributed by atoms with Gasteiger partial charge in [0, 0.05) is 27.4 Å². The van der Waals surface area contributed by atoms with Gasteiger partial charge in [-0.05, 0) is 30.3 Å². The van der Waals surface area contributed by atoms with Crippen molar-refractivity contribution in [1.82, 2.24) is 0 Å². The van der Waals surface area contributed by atoms with Gasteiger partial charge in [-0.3, -0.25) is 0 Å². The van der Waals surface area contributed by atoms with Crippen LogP contribution in [-0.2, 0) is 11.2 Å². The molecule has 0 atom stereocenters. The molecule has 16 heavy (non-hydrogen) atoms. The number of thiophene rings is 1. The smallest absolute Gasteiger partial charge is 0.131 e. The molecule has 0 fully saturated rings. The predicted molar refractivity (Wildman–Crippen MR) is 63.9 cm³/mol. The second-order valence-corrected chi connectivity index (χ2v) is 4.54. The molecule has 0 saturated carbocycles. The summed E-state index contributed by atoms with van der Waals surface area (Å²) in [6, 6.07) is 8.12. The van der Waals surface area contributed by atoms with E-state index in [0.717, 1.165) is 16.0 Å². The molecule has 0 radical (unpaired) electrons. The molecule has 4 heteroatoms. The Balaban J connectivity index is 2.41. The fraction of sp³-hybridized carbons (Fsp3) is 0.0833. The number of nitrogen functional groups attached to an aromatic ring is 1. The van der Waals surface area contributed by atoms with E-state index in [-0.39, 0.29) is 5.82 Å². The highest BCUT2D eigenvalue weighted by Crippen LogP contribution is 2.31. The summed E-state index contributed by atoms with van der Waals surface area (Å²) in [6.45, 7) is 0. The zero-order valence-corrected chi connectivity index (χ0v) is 9.26. The molecule has 0 spiro atoms. The van der Waals surface area contributed by atoms with Crippen LogP contribution in [0.1, 0.15) is 4.88 Å². The van der Waals surface area contributed by atoms with E-state index in [2.05, 4.69) is 0 Å². The number of carbonyl (C=O) groups is 1. The second-order valence-electron chi connectivity index (χ2n) is 3.38. The molecule has 0 saturated heterocycles. The number of rotatable bonds is 3. The van der Waals surface area contributed by atoms with Crippen molar-refractivity contribution in [2.75, 3.05) is 5.73 Å². The molecule has 1 heterocycles. The van der Waals surface area contributed by atoms with Crippen molar-refractivity contribution in [2.45, 2.75) is 6.42 Å². The van der Waals surface area contributed by atoms with E-state index in [1.165, 1.54) is 23.5 Å². The third-order valence-corrected chi connectivity index (χ3v) is 3.34. The summed E-state index contributed by atoms with van der Waals surface area (Å²) in [5, 5.41) is 0. The van der Waals surface area contributed by atoms with E-state index in [9.17, 15) is 9.18 Å². The average Bonchev–Trinajstić information content (AvgIpc) is 2.71. The summed E-state index contributed by atoms with van der Waals surface area (Å²) < 4.78 is 13.5. The third kappa shape index (κ3) is 2.12. The van der Waals surface area contributed by atoms with Crippen molar-refractivity contribution in [3.05, 3.63) is 41.0 Å². The van der Waals surface area contributed by atoms with Gasteiger partial charge in [0.05, 0.1) is 0 Å². The normalized spacial score (nSPS) is 10.3. The lowest BCUT2D eigenvalue weighted by Gasteiger charge is -2.01. The van der Waals surface area contributed by atoms with Crippen LogP contribution >= 0.6 is 11.3 Å². The molecule has 1 aromatic carbocycles. The van der Waals surface area contributed by atoms with Crippen LogP contribution < -0.4 is 5.73 Å². The van der Waals surface area contributed by atoms with E-state index in [1.54, 1.807) is 12.1 Å². The minimum Gasteiger partial charge on any atom is -0.399 e. The Morgan fingerprint density at radius 2 is 2.12 bits per heavy atom. The van der Waals surface area contributed by atoms with Crippen molar-refractivity contribution in [2.24, 2.45) is 0 Å². The summed E-state index contributed by atoms with van der Waals surface area (Å²) in [4.78, 5) is 12.1. The monoisotopic (exact) mass is 235 g/mol. The average molecular weight is 235 g/mol. The lowest BCUT2D eigenvalue weighted by Crippen LogP contribution is -1.87. The highest BCUT2D eigenvalue weighted by molar-refractivity contribution is 7.15. The molecule has 0 amide bonds. The quantitative estimate of drug-likeness (QED) is 0.656. The molecule has 82 valence electrons. The molecule has 0 unspecified atom stereocenters. The Morgan fingerprint density at radius 1 is 1.31 bits per heavy atom. The van der Waals surface area contributed by atoms with Gasteiger partial charge in [0.1, 0.15) is 12.1 Å². The molecule has 2 aromatic rings. The van der Waals surface area contributed by atoms with Crippen LogP contribution in [0.4, 0.5) is 10.1 Å². The molecule has 0 aliphatic rings. The largest absolute Gasteiger partial charge is 0.399 e. The first-order valence-electron chi connectivity index (χ1n) is 4.78. The number of aldehydes is 1.